The molecule has 0 bridgehead atoms. The maximum absolute atomic E-state index is 12.8. The molecule has 2 unspecified atom stereocenters. The summed E-state index contributed by atoms with van der Waals surface area (Å²) in [5.41, 5.74) is 6.95. The minimum Gasteiger partial charge on any atom is -0.392 e. The SMILES string of the molecule is CC(C)(C)C1CCN(C(=O)C(C(N)=S)c2ccccc2)C1. The fraction of sp³-hybridized carbons (Fsp3) is 0.529. The molecule has 1 aliphatic heterocycles. The summed E-state index contributed by atoms with van der Waals surface area (Å²) in [6, 6.07) is 9.58. The van der Waals surface area contributed by atoms with Gasteiger partial charge >= 0.3 is 0 Å². The van der Waals surface area contributed by atoms with E-state index < -0.39 is 5.92 Å². The van der Waals surface area contributed by atoms with E-state index in [1.54, 1.807) is 0 Å². The van der Waals surface area contributed by atoms with Gasteiger partial charge in [-0.1, -0.05) is 63.3 Å². The van der Waals surface area contributed by atoms with Gasteiger partial charge in [-0.3, -0.25) is 4.79 Å². The maximum Gasteiger partial charge on any atom is 0.236 e. The average molecular weight is 304 g/mol. The number of carbonyl (C=O) groups excluding carboxylic acids is 1. The minimum absolute atomic E-state index is 0.0421. The van der Waals surface area contributed by atoms with E-state index in [1.807, 2.05) is 35.2 Å². The number of rotatable bonds is 3. The van der Waals surface area contributed by atoms with E-state index in [0.717, 1.165) is 25.1 Å². The highest BCUT2D eigenvalue weighted by atomic mass is 32.1. The molecule has 0 aromatic heterocycles. The second-order valence-electron chi connectivity index (χ2n) is 6.88. The molecular formula is C17H24N2OS. The van der Waals surface area contributed by atoms with Crippen LogP contribution in [0.4, 0.5) is 0 Å². The molecule has 1 aromatic rings. The Morgan fingerprint density at radius 2 is 1.95 bits per heavy atom. The number of hydrogen-bond donors (Lipinski definition) is 1. The molecule has 3 nitrogen and oxygen atoms in total. The molecule has 0 spiro atoms. The van der Waals surface area contributed by atoms with E-state index in [0.29, 0.717) is 5.92 Å². The van der Waals surface area contributed by atoms with Crippen molar-refractivity contribution in [3.8, 4) is 0 Å². The smallest absolute Gasteiger partial charge is 0.236 e. The molecule has 0 aliphatic carbocycles. The van der Waals surface area contributed by atoms with Crippen LogP contribution in [0.25, 0.3) is 0 Å². The minimum atomic E-state index is -0.500. The van der Waals surface area contributed by atoms with Crippen molar-refractivity contribution in [2.75, 3.05) is 13.1 Å². The number of benzene rings is 1. The molecule has 2 rings (SSSR count). The molecule has 1 heterocycles. The van der Waals surface area contributed by atoms with Crippen LogP contribution in [0.3, 0.4) is 0 Å². The Morgan fingerprint density at radius 1 is 1.33 bits per heavy atom. The third-order valence-corrected chi connectivity index (χ3v) is 4.62. The Bertz CT molecular complexity index is 521. The van der Waals surface area contributed by atoms with Crippen molar-refractivity contribution in [1.82, 2.24) is 4.90 Å². The first-order valence-electron chi connectivity index (χ1n) is 7.43. The van der Waals surface area contributed by atoms with Crippen molar-refractivity contribution in [1.29, 1.82) is 0 Å². The second kappa shape index (κ2) is 6.14. The van der Waals surface area contributed by atoms with E-state index in [1.165, 1.54) is 0 Å². The highest BCUT2D eigenvalue weighted by Gasteiger charge is 2.37. The Morgan fingerprint density at radius 3 is 2.43 bits per heavy atom. The van der Waals surface area contributed by atoms with Crippen LogP contribution in [-0.4, -0.2) is 28.9 Å². The van der Waals surface area contributed by atoms with Gasteiger partial charge in [-0.2, -0.15) is 0 Å². The topological polar surface area (TPSA) is 46.3 Å². The van der Waals surface area contributed by atoms with Crippen LogP contribution < -0.4 is 5.73 Å². The molecule has 4 heteroatoms. The van der Waals surface area contributed by atoms with Gasteiger partial charge in [0.05, 0.1) is 4.99 Å². The first kappa shape index (κ1) is 16.0. The lowest BCUT2D eigenvalue weighted by atomic mass is 9.80. The zero-order valence-electron chi connectivity index (χ0n) is 13.0. The molecule has 1 fully saturated rings. The summed E-state index contributed by atoms with van der Waals surface area (Å²) in [7, 11) is 0. The highest BCUT2D eigenvalue weighted by Crippen LogP contribution is 2.34. The lowest BCUT2D eigenvalue weighted by Crippen LogP contribution is -2.39. The molecule has 21 heavy (non-hydrogen) atoms. The van der Waals surface area contributed by atoms with Crippen molar-refractivity contribution in [2.24, 2.45) is 17.1 Å². The summed E-state index contributed by atoms with van der Waals surface area (Å²) >= 11 is 5.14. The van der Waals surface area contributed by atoms with Gasteiger partial charge in [-0.25, -0.2) is 0 Å². The van der Waals surface area contributed by atoms with E-state index >= 15 is 0 Å². The van der Waals surface area contributed by atoms with Gasteiger partial charge in [0, 0.05) is 13.1 Å². The molecular weight excluding hydrogens is 280 g/mol. The van der Waals surface area contributed by atoms with Crippen LogP contribution in [0.5, 0.6) is 0 Å². The number of nitrogens with two attached hydrogens (primary N) is 1. The van der Waals surface area contributed by atoms with Gasteiger partial charge in [0.25, 0.3) is 0 Å². The summed E-state index contributed by atoms with van der Waals surface area (Å²) in [5, 5.41) is 0. The van der Waals surface area contributed by atoms with Gasteiger partial charge < -0.3 is 10.6 Å². The third-order valence-electron chi connectivity index (χ3n) is 4.39. The lowest BCUT2D eigenvalue weighted by molar-refractivity contribution is -0.130. The van der Waals surface area contributed by atoms with Crippen molar-refractivity contribution >= 4 is 23.1 Å². The predicted octanol–water partition coefficient (Wildman–Crippen LogP) is 2.95. The molecule has 1 aliphatic rings. The molecule has 114 valence electrons. The van der Waals surface area contributed by atoms with Crippen LogP contribution in [-0.2, 0) is 4.79 Å². The van der Waals surface area contributed by atoms with E-state index in [9.17, 15) is 4.79 Å². The molecule has 2 N–H and O–H groups in total. The predicted molar refractivity (Wildman–Crippen MR) is 90.1 cm³/mol. The lowest BCUT2D eigenvalue weighted by Gasteiger charge is -2.28. The molecule has 1 aromatic carbocycles. The number of thiocarbonyl (C=S) groups is 1. The van der Waals surface area contributed by atoms with Crippen LogP contribution in [0, 0.1) is 11.3 Å². The van der Waals surface area contributed by atoms with E-state index in [2.05, 4.69) is 20.8 Å². The van der Waals surface area contributed by atoms with Gasteiger partial charge in [-0.05, 0) is 23.3 Å². The monoisotopic (exact) mass is 304 g/mol. The highest BCUT2D eigenvalue weighted by molar-refractivity contribution is 7.80. The summed E-state index contributed by atoms with van der Waals surface area (Å²) in [5.74, 6) is 0.0737. The van der Waals surface area contributed by atoms with Crippen molar-refractivity contribution in [2.45, 2.75) is 33.1 Å². The summed E-state index contributed by atoms with van der Waals surface area (Å²) < 4.78 is 0. The van der Waals surface area contributed by atoms with Crippen molar-refractivity contribution in [3.63, 3.8) is 0 Å². The number of carbonyl (C=O) groups is 1. The molecule has 2 atom stereocenters. The third kappa shape index (κ3) is 3.62. The number of hydrogen-bond acceptors (Lipinski definition) is 2. The van der Waals surface area contributed by atoms with Crippen LogP contribution in [0.1, 0.15) is 38.7 Å². The number of amides is 1. The van der Waals surface area contributed by atoms with Gasteiger partial charge in [0.15, 0.2) is 0 Å². The fourth-order valence-electron chi connectivity index (χ4n) is 2.92. The summed E-state index contributed by atoms with van der Waals surface area (Å²) in [4.78, 5) is 15.0. The first-order chi connectivity index (χ1) is 9.80. The first-order valence-corrected chi connectivity index (χ1v) is 7.84. The molecule has 0 saturated carbocycles. The zero-order chi connectivity index (χ0) is 15.6. The average Bonchev–Trinajstić information content (AvgIpc) is 2.89. The van der Waals surface area contributed by atoms with E-state index in [4.69, 9.17) is 18.0 Å². The Hall–Kier alpha value is -1.42. The van der Waals surface area contributed by atoms with Crippen LogP contribution >= 0.6 is 12.2 Å². The zero-order valence-corrected chi connectivity index (χ0v) is 13.8. The standard InChI is InChI=1S/C17H24N2OS/c1-17(2,3)13-9-10-19(11-13)16(20)14(15(18)21)12-7-5-4-6-8-12/h4-8,13-14H,9-11H2,1-3H3,(H2,18,21). The Labute approximate surface area is 132 Å². The normalized spacial score (nSPS) is 20.3. The number of likely N-dealkylation sites (tertiary alicyclic amines) is 1. The second-order valence-corrected chi connectivity index (χ2v) is 7.35. The van der Waals surface area contributed by atoms with Crippen molar-refractivity contribution < 1.29 is 4.79 Å². The summed E-state index contributed by atoms with van der Waals surface area (Å²) in [6.45, 7) is 8.29. The van der Waals surface area contributed by atoms with Gasteiger partial charge in [-0.15, -0.1) is 0 Å². The Balaban J connectivity index is 2.16. The largest absolute Gasteiger partial charge is 0.392 e. The molecule has 1 amide bonds. The Kier molecular flexibility index (Phi) is 4.67. The van der Waals surface area contributed by atoms with Crippen LogP contribution in [0.15, 0.2) is 30.3 Å². The molecule has 1 saturated heterocycles. The fourth-order valence-corrected chi connectivity index (χ4v) is 3.16. The van der Waals surface area contributed by atoms with Crippen molar-refractivity contribution in [3.05, 3.63) is 35.9 Å². The van der Waals surface area contributed by atoms with Crippen LogP contribution in [0.2, 0.25) is 0 Å². The molecule has 0 radical (unpaired) electrons. The number of nitrogens with zero attached hydrogens (tertiary/aromatic N) is 1. The van der Waals surface area contributed by atoms with Gasteiger partial charge in [0.2, 0.25) is 5.91 Å². The van der Waals surface area contributed by atoms with Gasteiger partial charge in [0.1, 0.15) is 5.92 Å². The van der Waals surface area contributed by atoms with E-state index in [-0.39, 0.29) is 16.3 Å². The quantitative estimate of drug-likeness (QED) is 0.873. The summed E-state index contributed by atoms with van der Waals surface area (Å²) in [6.07, 6.45) is 1.05. The maximum atomic E-state index is 12.8.